The lowest BCUT2D eigenvalue weighted by Gasteiger charge is -2.16. The molecule has 0 aliphatic carbocycles. The molecule has 2 atom stereocenters. The van der Waals surface area contributed by atoms with Crippen molar-refractivity contribution in [2.45, 2.75) is 11.4 Å². The summed E-state index contributed by atoms with van der Waals surface area (Å²) in [7, 11) is 3.99. The number of thioether (sulfide) groups is 1. The van der Waals surface area contributed by atoms with Crippen molar-refractivity contribution in [1.82, 2.24) is 5.32 Å². The zero-order chi connectivity index (χ0) is 12.4. The predicted molar refractivity (Wildman–Crippen MR) is 70.5 cm³/mol. The molecule has 2 rings (SSSR count). The Balaban J connectivity index is 2.13. The molecule has 1 saturated heterocycles. The van der Waals surface area contributed by atoms with Crippen LogP contribution in [0.15, 0.2) is 24.3 Å². The molecule has 1 aliphatic rings. The lowest BCUT2D eigenvalue weighted by molar-refractivity contribution is -0.138. The molecule has 1 aliphatic heterocycles. The first-order chi connectivity index (χ1) is 8.08. The van der Waals surface area contributed by atoms with E-state index in [1.165, 1.54) is 0 Å². The molecular formula is C12H16N2O2S. The first-order valence-electron chi connectivity index (χ1n) is 5.45. The molecule has 1 unspecified atom stereocenters. The maximum absolute atomic E-state index is 10.9. The van der Waals surface area contributed by atoms with E-state index >= 15 is 0 Å². The molecule has 92 valence electrons. The van der Waals surface area contributed by atoms with Crippen molar-refractivity contribution in [3.05, 3.63) is 29.8 Å². The van der Waals surface area contributed by atoms with Gasteiger partial charge in [-0.2, -0.15) is 0 Å². The average Bonchev–Trinajstić information content (AvgIpc) is 2.78. The highest BCUT2D eigenvalue weighted by atomic mass is 32.2. The molecule has 0 spiro atoms. The summed E-state index contributed by atoms with van der Waals surface area (Å²) < 4.78 is 0. The summed E-state index contributed by atoms with van der Waals surface area (Å²) in [5.74, 6) is -0.157. The first kappa shape index (κ1) is 12.3. The fourth-order valence-corrected chi connectivity index (χ4v) is 3.00. The fraction of sp³-hybridized carbons (Fsp3) is 0.417. The van der Waals surface area contributed by atoms with Crippen LogP contribution in [-0.4, -0.2) is 37.0 Å². The Bertz CT molecular complexity index is 423. The number of hydrogen-bond acceptors (Lipinski definition) is 4. The Labute approximate surface area is 105 Å². The Morgan fingerprint density at radius 2 is 2.29 bits per heavy atom. The summed E-state index contributed by atoms with van der Waals surface area (Å²) in [5.41, 5.74) is 2.26. The normalized spacial score (nSPS) is 23.6. The maximum Gasteiger partial charge on any atom is 0.321 e. The van der Waals surface area contributed by atoms with Crippen molar-refractivity contribution in [3.8, 4) is 0 Å². The van der Waals surface area contributed by atoms with Gasteiger partial charge in [-0.15, -0.1) is 11.8 Å². The zero-order valence-corrected chi connectivity index (χ0v) is 10.7. The number of nitrogens with zero attached hydrogens (tertiary/aromatic N) is 1. The Morgan fingerprint density at radius 1 is 1.53 bits per heavy atom. The Morgan fingerprint density at radius 3 is 2.88 bits per heavy atom. The number of benzene rings is 1. The van der Waals surface area contributed by atoms with Crippen molar-refractivity contribution in [3.63, 3.8) is 0 Å². The summed E-state index contributed by atoms with van der Waals surface area (Å²) in [6, 6.07) is 7.73. The molecule has 1 aromatic carbocycles. The molecule has 0 radical (unpaired) electrons. The predicted octanol–water partition coefficient (Wildman–Crippen LogP) is 1.54. The number of carbonyl (C=O) groups is 1. The van der Waals surface area contributed by atoms with E-state index in [4.69, 9.17) is 5.11 Å². The van der Waals surface area contributed by atoms with Crippen molar-refractivity contribution in [2.24, 2.45) is 0 Å². The standard InChI is InChI=1S/C12H16N2O2S/c1-14(2)9-5-3-4-8(6-9)11-13-10(7-17-11)12(15)16/h3-6,10-11,13H,7H2,1-2H3,(H,15,16)/t10-,11?/m0/s1. The quantitative estimate of drug-likeness (QED) is 0.854. The van der Waals surface area contributed by atoms with Gasteiger partial charge in [-0.25, -0.2) is 0 Å². The molecule has 0 amide bonds. The van der Waals surface area contributed by atoms with Crippen molar-refractivity contribution in [1.29, 1.82) is 0 Å². The van der Waals surface area contributed by atoms with Crippen LogP contribution in [0.25, 0.3) is 0 Å². The summed E-state index contributed by atoms with van der Waals surface area (Å²) >= 11 is 1.64. The minimum absolute atomic E-state index is 0.0796. The molecule has 1 heterocycles. The molecule has 17 heavy (non-hydrogen) atoms. The minimum Gasteiger partial charge on any atom is -0.480 e. The number of carboxylic acid groups (broad SMARTS) is 1. The number of nitrogens with one attached hydrogen (secondary N) is 1. The van der Waals surface area contributed by atoms with Crippen LogP contribution in [0, 0.1) is 0 Å². The molecule has 1 aromatic rings. The summed E-state index contributed by atoms with van der Waals surface area (Å²) in [6.07, 6.45) is 0. The number of hydrogen-bond donors (Lipinski definition) is 2. The molecule has 4 nitrogen and oxygen atoms in total. The van der Waals surface area contributed by atoms with Gasteiger partial charge in [-0.1, -0.05) is 12.1 Å². The average molecular weight is 252 g/mol. The van der Waals surface area contributed by atoms with E-state index in [0.717, 1.165) is 11.3 Å². The number of carboxylic acids is 1. The van der Waals surface area contributed by atoms with Crippen LogP contribution >= 0.6 is 11.8 Å². The van der Waals surface area contributed by atoms with E-state index in [-0.39, 0.29) is 5.37 Å². The Kier molecular flexibility index (Phi) is 3.59. The molecular weight excluding hydrogens is 236 g/mol. The van der Waals surface area contributed by atoms with Crippen molar-refractivity contribution < 1.29 is 9.90 Å². The minimum atomic E-state index is -0.774. The highest BCUT2D eigenvalue weighted by molar-refractivity contribution is 7.99. The first-order valence-corrected chi connectivity index (χ1v) is 6.50. The van der Waals surface area contributed by atoms with E-state index in [1.54, 1.807) is 11.8 Å². The molecule has 1 fully saturated rings. The van der Waals surface area contributed by atoms with Crippen LogP contribution in [0.5, 0.6) is 0 Å². The van der Waals surface area contributed by atoms with E-state index < -0.39 is 12.0 Å². The molecule has 5 heteroatoms. The lowest BCUT2D eigenvalue weighted by atomic mass is 10.2. The highest BCUT2D eigenvalue weighted by Gasteiger charge is 2.30. The third-order valence-electron chi connectivity index (χ3n) is 2.77. The van der Waals surface area contributed by atoms with Crippen LogP contribution in [-0.2, 0) is 4.79 Å². The summed E-state index contributed by atoms with van der Waals surface area (Å²) in [6.45, 7) is 0. The van der Waals surface area contributed by atoms with Gasteiger partial charge >= 0.3 is 5.97 Å². The largest absolute Gasteiger partial charge is 0.480 e. The van der Waals surface area contributed by atoms with Gasteiger partial charge in [0.2, 0.25) is 0 Å². The second-order valence-corrected chi connectivity index (χ2v) is 5.40. The SMILES string of the molecule is CN(C)c1cccc(C2N[C@H](C(=O)O)CS2)c1. The van der Waals surface area contributed by atoms with Crippen molar-refractivity contribution in [2.75, 3.05) is 24.7 Å². The van der Waals surface area contributed by atoms with Gasteiger partial charge in [0.05, 0.1) is 5.37 Å². The van der Waals surface area contributed by atoms with E-state index in [0.29, 0.717) is 5.75 Å². The number of aliphatic carboxylic acids is 1. The smallest absolute Gasteiger partial charge is 0.321 e. The van der Waals surface area contributed by atoms with Gasteiger partial charge in [0.1, 0.15) is 6.04 Å². The summed E-state index contributed by atoms with van der Waals surface area (Å²) in [5, 5.41) is 12.1. The second-order valence-electron chi connectivity index (χ2n) is 4.26. The molecule has 0 bridgehead atoms. The third kappa shape index (κ3) is 2.73. The van der Waals surface area contributed by atoms with Crippen LogP contribution in [0.4, 0.5) is 5.69 Å². The van der Waals surface area contributed by atoms with Gasteiger partial charge in [0.25, 0.3) is 0 Å². The van der Waals surface area contributed by atoms with Crippen LogP contribution in [0.2, 0.25) is 0 Å². The molecule has 0 aromatic heterocycles. The molecule has 2 N–H and O–H groups in total. The van der Waals surface area contributed by atoms with Crippen LogP contribution in [0.3, 0.4) is 0 Å². The monoisotopic (exact) mass is 252 g/mol. The van der Waals surface area contributed by atoms with E-state index in [1.807, 2.05) is 37.2 Å². The summed E-state index contributed by atoms with van der Waals surface area (Å²) in [4.78, 5) is 12.9. The van der Waals surface area contributed by atoms with E-state index in [2.05, 4.69) is 11.4 Å². The third-order valence-corrected chi connectivity index (χ3v) is 4.04. The number of anilines is 1. The van der Waals surface area contributed by atoms with Crippen LogP contribution < -0.4 is 10.2 Å². The van der Waals surface area contributed by atoms with Gasteiger partial charge in [-0.3, -0.25) is 10.1 Å². The van der Waals surface area contributed by atoms with Gasteiger partial charge in [-0.05, 0) is 17.7 Å². The van der Waals surface area contributed by atoms with E-state index in [9.17, 15) is 4.79 Å². The van der Waals surface area contributed by atoms with Crippen molar-refractivity contribution >= 4 is 23.4 Å². The topological polar surface area (TPSA) is 52.6 Å². The zero-order valence-electron chi connectivity index (χ0n) is 9.88. The van der Waals surface area contributed by atoms with Gasteiger partial charge in [0.15, 0.2) is 0 Å². The number of rotatable bonds is 3. The van der Waals surface area contributed by atoms with Gasteiger partial charge < -0.3 is 10.0 Å². The Hall–Kier alpha value is -1.20. The maximum atomic E-state index is 10.9. The molecule has 0 saturated carbocycles. The lowest BCUT2D eigenvalue weighted by Crippen LogP contribution is -2.33. The van der Waals surface area contributed by atoms with Gasteiger partial charge in [0, 0.05) is 25.5 Å². The van der Waals surface area contributed by atoms with Crippen LogP contribution in [0.1, 0.15) is 10.9 Å². The second kappa shape index (κ2) is 4.98. The highest BCUT2D eigenvalue weighted by Crippen LogP contribution is 2.34. The fourth-order valence-electron chi connectivity index (χ4n) is 1.77.